The first-order valence-corrected chi connectivity index (χ1v) is 8.53. The zero-order valence-corrected chi connectivity index (χ0v) is 13.6. The second-order valence-corrected chi connectivity index (χ2v) is 7.95. The number of thioether (sulfide) groups is 1. The summed E-state index contributed by atoms with van der Waals surface area (Å²) in [6.45, 7) is 0.748. The van der Waals surface area contributed by atoms with Crippen LogP contribution in [-0.2, 0) is 9.59 Å². The van der Waals surface area contributed by atoms with E-state index in [0.717, 1.165) is 10.4 Å². The normalized spacial score (nSPS) is 35.0. The maximum atomic E-state index is 12.3. The van der Waals surface area contributed by atoms with Gasteiger partial charge in [-0.2, -0.15) is 0 Å². The SMILES string of the molecule is O=C(CC1NCCC1O)CN1C=NC2C=C(Br)SC2C1=O. The van der Waals surface area contributed by atoms with E-state index in [2.05, 4.69) is 26.2 Å². The van der Waals surface area contributed by atoms with Gasteiger partial charge in [0.25, 0.3) is 0 Å². The van der Waals surface area contributed by atoms with Crippen LogP contribution in [0.3, 0.4) is 0 Å². The van der Waals surface area contributed by atoms with E-state index in [0.29, 0.717) is 6.42 Å². The fourth-order valence-electron chi connectivity index (χ4n) is 2.73. The fraction of sp³-hybridized carbons (Fsp3) is 0.615. The molecule has 0 radical (unpaired) electrons. The van der Waals surface area contributed by atoms with E-state index in [4.69, 9.17) is 0 Å². The van der Waals surface area contributed by atoms with Gasteiger partial charge >= 0.3 is 0 Å². The van der Waals surface area contributed by atoms with Gasteiger partial charge in [-0.3, -0.25) is 19.5 Å². The van der Waals surface area contributed by atoms with Crippen molar-refractivity contribution in [1.29, 1.82) is 0 Å². The van der Waals surface area contributed by atoms with E-state index >= 15 is 0 Å². The number of aliphatic hydroxyl groups is 1. The molecule has 3 aliphatic heterocycles. The zero-order valence-electron chi connectivity index (χ0n) is 11.2. The van der Waals surface area contributed by atoms with E-state index < -0.39 is 6.10 Å². The molecule has 4 unspecified atom stereocenters. The summed E-state index contributed by atoms with van der Waals surface area (Å²) in [7, 11) is 0. The number of fused-ring (bicyclic) bond motifs is 1. The van der Waals surface area contributed by atoms with Gasteiger partial charge in [-0.25, -0.2) is 0 Å². The quantitative estimate of drug-likeness (QED) is 0.738. The van der Waals surface area contributed by atoms with Gasteiger partial charge in [-0.15, -0.1) is 11.8 Å². The molecular weight excluding hydrogens is 358 g/mol. The van der Waals surface area contributed by atoms with Crippen LogP contribution in [0.5, 0.6) is 0 Å². The Balaban J connectivity index is 1.57. The molecule has 114 valence electrons. The van der Waals surface area contributed by atoms with Gasteiger partial charge in [0, 0.05) is 16.3 Å². The lowest BCUT2D eigenvalue weighted by molar-refractivity contribution is -0.131. The van der Waals surface area contributed by atoms with Gasteiger partial charge < -0.3 is 10.4 Å². The van der Waals surface area contributed by atoms with Crippen LogP contribution < -0.4 is 5.32 Å². The van der Waals surface area contributed by atoms with Crippen molar-refractivity contribution in [3.63, 3.8) is 0 Å². The number of amides is 1. The smallest absolute Gasteiger partial charge is 0.244 e. The summed E-state index contributed by atoms with van der Waals surface area (Å²) in [4.78, 5) is 30.1. The molecule has 0 aromatic carbocycles. The van der Waals surface area contributed by atoms with Crippen LogP contribution in [0.4, 0.5) is 0 Å². The highest BCUT2D eigenvalue weighted by Crippen LogP contribution is 2.39. The first kappa shape index (κ1) is 15.2. The summed E-state index contributed by atoms with van der Waals surface area (Å²) in [5, 5.41) is 12.5. The summed E-state index contributed by atoms with van der Waals surface area (Å²) >= 11 is 4.80. The van der Waals surface area contributed by atoms with Gasteiger partial charge in [0.15, 0.2) is 5.78 Å². The topological polar surface area (TPSA) is 82.0 Å². The molecule has 2 N–H and O–H groups in total. The number of halogens is 1. The lowest BCUT2D eigenvalue weighted by Crippen LogP contribution is -2.47. The van der Waals surface area contributed by atoms with Gasteiger partial charge in [-0.1, -0.05) is 0 Å². The maximum Gasteiger partial charge on any atom is 0.244 e. The highest BCUT2D eigenvalue weighted by Gasteiger charge is 2.39. The minimum atomic E-state index is -0.477. The number of rotatable bonds is 4. The number of aliphatic hydroxyl groups excluding tert-OH is 1. The third-order valence-corrected chi connectivity index (χ3v) is 5.78. The average Bonchev–Trinajstić information content (AvgIpc) is 3.00. The molecule has 1 fully saturated rings. The average molecular weight is 374 g/mol. The molecule has 1 amide bonds. The molecule has 8 heteroatoms. The number of nitrogens with zero attached hydrogens (tertiary/aromatic N) is 2. The molecule has 0 spiro atoms. The third kappa shape index (κ3) is 3.23. The molecule has 0 aromatic rings. The molecule has 0 aromatic heterocycles. The van der Waals surface area contributed by atoms with E-state index in [1.807, 2.05) is 6.08 Å². The van der Waals surface area contributed by atoms with Crippen molar-refractivity contribution in [3.8, 4) is 0 Å². The number of ketones is 1. The molecule has 3 aliphatic rings. The highest BCUT2D eigenvalue weighted by molar-refractivity contribution is 9.14. The van der Waals surface area contributed by atoms with Crippen LogP contribution in [-0.4, -0.2) is 64.6 Å². The van der Waals surface area contributed by atoms with E-state index in [1.165, 1.54) is 23.0 Å². The molecule has 0 saturated carbocycles. The van der Waals surface area contributed by atoms with Crippen molar-refractivity contribution in [2.45, 2.75) is 36.3 Å². The maximum absolute atomic E-state index is 12.3. The van der Waals surface area contributed by atoms with Crippen molar-refractivity contribution < 1.29 is 14.7 Å². The molecule has 1 saturated heterocycles. The summed E-state index contributed by atoms with van der Waals surface area (Å²) < 4.78 is 0.912. The Morgan fingerprint density at radius 3 is 3.14 bits per heavy atom. The Hall–Kier alpha value is -0.700. The Morgan fingerprint density at radius 1 is 1.62 bits per heavy atom. The molecule has 3 heterocycles. The standard InChI is InChI=1S/C13H16BrN3O3S/c14-11-4-9-12(21-11)13(20)17(6-16-9)5-7(18)3-8-10(19)1-2-15-8/h4,6,8-10,12,15,19H,1-3,5H2. The molecule has 3 rings (SSSR count). The molecule has 21 heavy (non-hydrogen) atoms. The summed E-state index contributed by atoms with van der Waals surface area (Å²) in [6, 6.07) is -0.333. The summed E-state index contributed by atoms with van der Waals surface area (Å²) in [5.41, 5.74) is 0. The number of hydrogen-bond donors (Lipinski definition) is 2. The third-order valence-electron chi connectivity index (χ3n) is 3.86. The van der Waals surface area contributed by atoms with Crippen LogP contribution in [0.2, 0.25) is 0 Å². The number of aliphatic imine (C=N–C) groups is 1. The Bertz CT molecular complexity index is 525. The number of Topliss-reactive ketones (excluding diaryl/α,β-unsaturated/α-hetero) is 1. The van der Waals surface area contributed by atoms with E-state index in [1.54, 1.807) is 0 Å². The van der Waals surface area contributed by atoms with Crippen molar-refractivity contribution in [1.82, 2.24) is 10.2 Å². The fourth-order valence-corrected chi connectivity index (χ4v) is 4.59. The predicted molar refractivity (Wildman–Crippen MR) is 84.4 cm³/mol. The van der Waals surface area contributed by atoms with Crippen molar-refractivity contribution >= 4 is 45.7 Å². The first-order chi connectivity index (χ1) is 10.0. The number of carbonyl (C=O) groups is 2. The number of nitrogens with one attached hydrogen (secondary N) is 1. The van der Waals surface area contributed by atoms with Gasteiger partial charge in [0.05, 0.1) is 25.0 Å². The Labute approximate surface area is 135 Å². The molecule has 0 bridgehead atoms. The predicted octanol–water partition coefficient (Wildman–Crippen LogP) is 0.259. The van der Waals surface area contributed by atoms with Gasteiger partial charge in [0.2, 0.25) is 5.91 Å². The lowest BCUT2D eigenvalue weighted by Gasteiger charge is -2.27. The number of carbonyl (C=O) groups excluding carboxylic acids is 2. The minimum absolute atomic E-state index is 0.0225. The molecule has 4 atom stereocenters. The van der Waals surface area contributed by atoms with Crippen LogP contribution in [0.15, 0.2) is 14.9 Å². The van der Waals surface area contributed by atoms with Crippen molar-refractivity contribution in [3.05, 3.63) is 9.89 Å². The molecular formula is C13H16BrN3O3S. The van der Waals surface area contributed by atoms with Crippen LogP contribution in [0, 0.1) is 0 Å². The van der Waals surface area contributed by atoms with Crippen LogP contribution >= 0.6 is 27.7 Å². The van der Waals surface area contributed by atoms with Crippen molar-refractivity contribution in [2.24, 2.45) is 4.99 Å². The molecule has 6 nitrogen and oxygen atoms in total. The van der Waals surface area contributed by atoms with Gasteiger partial charge in [-0.05, 0) is 35.0 Å². The summed E-state index contributed by atoms with van der Waals surface area (Å²) in [5.74, 6) is -0.152. The van der Waals surface area contributed by atoms with E-state index in [9.17, 15) is 14.7 Å². The van der Waals surface area contributed by atoms with Crippen LogP contribution in [0.25, 0.3) is 0 Å². The minimum Gasteiger partial charge on any atom is -0.391 e. The lowest BCUT2D eigenvalue weighted by atomic mass is 10.1. The summed E-state index contributed by atoms with van der Waals surface area (Å²) in [6.07, 6.45) is 3.79. The highest BCUT2D eigenvalue weighted by atomic mass is 79.9. The second-order valence-electron chi connectivity index (χ2n) is 5.39. The van der Waals surface area contributed by atoms with E-state index in [-0.39, 0.29) is 42.0 Å². The Kier molecular flexibility index (Phi) is 4.49. The van der Waals surface area contributed by atoms with Crippen molar-refractivity contribution in [2.75, 3.05) is 13.1 Å². The monoisotopic (exact) mass is 373 g/mol. The largest absolute Gasteiger partial charge is 0.391 e. The zero-order chi connectivity index (χ0) is 15.0. The van der Waals surface area contributed by atoms with Crippen LogP contribution in [0.1, 0.15) is 12.8 Å². The number of hydrogen-bond acceptors (Lipinski definition) is 6. The Morgan fingerprint density at radius 2 is 2.43 bits per heavy atom. The first-order valence-electron chi connectivity index (χ1n) is 6.85. The van der Waals surface area contributed by atoms with Gasteiger partial charge in [0.1, 0.15) is 5.25 Å². The second kappa shape index (κ2) is 6.20. The molecule has 0 aliphatic carbocycles.